The van der Waals surface area contributed by atoms with Crippen LogP contribution in [0.2, 0.25) is 0 Å². The van der Waals surface area contributed by atoms with Crippen LogP contribution in [0.25, 0.3) is 10.9 Å². The van der Waals surface area contributed by atoms with Crippen molar-refractivity contribution in [3.8, 4) is 23.0 Å². The van der Waals surface area contributed by atoms with Gasteiger partial charge in [0.05, 0.1) is 25.8 Å². The SMILES string of the molecule is COc1cc2c(Oc3ccc(NC(=O)NCCC(C)(C)C)cc3)ccnc2cc1OCCCN(C)CCO. The van der Waals surface area contributed by atoms with Crippen LogP contribution in [0, 0.1) is 5.41 Å². The topological polar surface area (TPSA) is 105 Å². The molecule has 0 aliphatic rings. The van der Waals surface area contributed by atoms with Gasteiger partial charge in [0.1, 0.15) is 11.5 Å². The highest BCUT2D eigenvalue weighted by atomic mass is 16.5. The van der Waals surface area contributed by atoms with E-state index in [1.807, 2.05) is 19.2 Å². The van der Waals surface area contributed by atoms with E-state index in [9.17, 15) is 4.79 Å². The number of hydrogen-bond acceptors (Lipinski definition) is 7. The van der Waals surface area contributed by atoms with Crippen molar-refractivity contribution in [2.75, 3.05) is 52.3 Å². The number of nitrogens with one attached hydrogen (secondary N) is 2. The summed E-state index contributed by atoms with van der Waals surface area (Å²) in [6.07, 6.45) is 3.40. The average molecular weight is 525 g/mol. The van der Waals surface area contributed by atoms with Crippen molar-refractivity contribution in [1.82, 2.24) is 15.2 Å². The van der Waals surface area contributed by atoms with Gasteiger partial charge in [0.2, 0.25) is 0 Å². The lowest BCUT2D eigenvalue weighted by molar-refractivity contribution is 0.206. The molecule has 0 unspecified atom stereocenters. The van der Waals surface area contributed by atoms with Crippen LogP contribution in [0.5, 0.6) is 23.0 Å². The zero-order valence-electron chi connectivity index (χ0n) is 23.0. The summed E-state index contributed by atoms with van der Waals surface area (Å²) in [6, 6.07) is 12.5. The second kappa shape index (κ2) is 13.8. The number of aromatic nitrogens is 1. The quantitative estimate of drug-likeness (QED) is 0.261. The van der Waals surface area contributed by atoms with Crippen molar-refractivity contribution in [2.24, 2.45) is 5.41 Å². The molecule has 0 bridgehead atoms. The molecule has 3 N–H and O–H groups in total. The Morgan fingerprint density at radius 3 is 2.50 bits per heavy atom. The fraction of sp³-hybridized carbons (Fsp3) is 0.448. The maximum atomic E-state index is 12.2. The van der Waals surface area contributed by atoms with Crippen LogP contribution < -0.4 is 24.8 Å². The summed E-state index contributed by atoms with van der Waals surface area (Å²) in [6.45, 7) is 9.16. The molecule has 0 atom stereocenters. The zero-order chi connectivity index (χ0) is 27.5. The minimum absolute atomic E-state index is 0.141. The number of pyridine rings is 1. The van der Waals surface area contributed by atoms with Gasteiger partial charge < -0.3 is 34.9 Å². The number of aliphatic hydroxyl groups is 1. The predicted octanol–water partition coefficient (Wildman–Crippen LogP) is 5.29. The molecule has 0 fully saturated rings. The number of rotatable bonds is 13. The van der Waals surface area contributed by atoms with Crippen LogP contribution >= 0.6 is 0 Å². The first kappa shape index (κ1) is 29.0. The Balaban J connectivity index is 1.63. The molecule has 0 spiro atoms. The highest BCUT2D eigenvalue weighted by Crippen LogP contribution is 2.37. The van der Waals surface area contributed by atoms with E-state index in [4.69, 9.17) is 19.3 Å². The molecule has 0 radical (unpaired) electrons. The first-order valence-corrected chi connectivity index (χ1v) is 12.9. The van der Waals surface area contributed by atoms with Crippen LogP contribution in [0.4, 0.5) is 10.5 Å². The van der Waals surface area contributed by atoms with Crippen LogP contribution in [0.15, 0.2) is 48.7 Å². The Kier molecular flexibility index (Phi) is 10.6. The van der Waals surface area contributed by atoms with Crippen LogP contribution in [0.1, 0.15) is 33.6 Å². The molecule has 9 heteroatoms. The molecule has 2 amide bonds. The van der Waals surface area contributed by atoms with Crippen molar-refractivity contribution in [2.45, 2.75) is 33.6 Å². The predicted molar refractivity (Wildman–Crippen MR) is 151 cm³/mol. The molecule has 1 heterocycles. The lowest BCUT2D eigenvalue weighted by atomic mass is 9.92. The number of urea groups is 1. The molecule has 2 aromatic carbocycles. The molecule has 38 heavy (non-hydrogen) atoms. The third kappa shape index (κ3) is 9.08. The highest BCUT2D eigenvalue weighted by Gasteiger charge is 2.13. The van der Waals surface area contributed by atoms with Gasteiger partial charge in [-0.25, -0.2) is 4.79 Å². The van der Waals surface area contributed by atoms with Crippen molar-refractivity contribution in [3.63, 3.8) is 0 Å². The monoisotopic (exact) mass is 524 g/mol. The number of methoxy groups -OCH3 is 1. The minimum atomic E-state index is -0.231. The third-order valence-electron chi connectivity index (χ3n) is 5.91. The molecule has 9 nitrogen and oxygen atoms in total. The second-order valence-corrected chi connectivity index (χ2v) is 10.4. The van der Waals surface area contributed by atoms with Crippen molar-refractivity contribution < 1.29 is 24.1 Å². The first-order valence-electron chi connectivity index (χ1n) is 12.9. The number of likely N-dealkylation sites (N-methyl/N-ethyl adjacent to an activating group) is 1. The summed E-state index contributed by atoms with van der Waals surface area (Å²) < 4.78 is 17.7. The lowest BCUT2D eigenvalue weighted by Gasteiger charge is -2.18. The van der Waals surface area contributed by atoms with Crippen molar-refractivity contribution >= 4 is 22.6 Å². The second-order valence-electron chi connectivity index (χ2n) is 10.4. The number of carbonyl (C=O) groups excluding carboxylic acids is 1. The molecule has 3 rings (SSSR count). The van der Waals surface area contributed by atoms with E-state index in [-0.39, 0.29) is 18.1 Å². The number of benzene rings is 2. The summed E-state index contributed by atoms with van der Waals surface area (Å²) in [4.78, 5) is 18.7. The largest absolute Gasteiger partial charge is 0.493 e. The van der Waals surface area contributed by atoms with Crippen LogP contribution in [-0.4, -0.2) is 68.0 Å². The molecule has 206 valence electrons. The molecule has 0 saturated carbocycles. The summed E-state index contributed by atoms with van der Waals surface area (Å²) in [7, 11) is 3.57. The van der Waals surface area contributed by atoms with E-state index < -0.39 is 0 Å². The highest BCUT2D eigenvalue weighted by molar-refractivity contribution is 5.89. The number of amides is 2. The summed E-state index contributed by atoms with van der Waals surface area (Å²) >= 11 is 0. The summed E-state index contributed by atoms with van der Waals surface area (Å²) in [5.74, 6) is 2.47. The Bertz CT molecular complexity index is 1180. The number of nitrogens with zero attached hydrogens (tertiary/aromatic N) is 2. The number of ether oxygens (including phenoxy) is 3. The fourth-order valence-electron chi connectivity index (χ4n) is 3.75. The normalized spacial score (nSPS) is 11.4. The van der Waals surface area contributed by atoms with Crippen LogP contribution in [-0.2, 0) is 0 Å². The van der Waals surface area contributed by atoms with Gasteiger partial charge in [0.15, 0.2) is 11.5 Å². The van der Waals surface area contributed by atoms with Gasteiger partial charge >= 0.3 is 6.03 Å². The van der Waals surface area contributed by atoms with Gasteiger partial charge in [0.25, 0.3) is 0 Å². The standard InChI is InChI=1S/C29H40N4O5/c1-29(2,3)12-14-31-28(35)32-21-7-9-22(10-8-21)38-25-11-13-30-24-20-27(26(36-5)19-23(24)25)37-18-6-15-33(4)16-17-34/h7-11,13,19-20,34H,6,12,14-18H2,1-5H3,(H2,31,32,35). The van der Waals surface area contributed by atoms with E-state index in [0.29, 0.717) is 48.4 Å². The Labute approximate surface area is 225 Å². The summed E-state index contributed by atoms with van der Waals surface area (Å²) in [5.41, 5.74) is 1.57. The van der Waals surface area contributed by atoms with E-state index in [0.717, 1.165) is 30.3 Å². The maximum absolute atomic E-state index is 12.2. The molecule has 1 aromatic heterocycles. The smallest absolute Gasteiger partial charge is 0.319 e. The number of aliphatic hydroxyl groups excluding tert-OH is 1. The Morgan fingerprint density at radius 2 is 1.82 bits per heavy atom. The van der Waals surface area contributed by atoms with Gasteiger partial charge in [-0.3, -0.25) is 4.98 Å². The van der Waals surface area contributed by atoms with Gasteiger partial charge in [-0.15, -0.1) is 0 Å². The zero-order valence-corrected chi connectivity index (χ0v) is 23.0. The Hall–Kier alpha value is -3.56. The van der Waals surface area contributed by atoms with Gasteiger partial charge in [-0.1, -0.05) is 20.8 Å². The average Bonchev–Trinajstić information content (AvgIpc) is 2.87. The molecular weight excluding hydrogens is 484 g/mol. The number of hydrogen-bond donors (Lipinski definition) is 3. The molecule has 0 saturated heterocycles. The van der Waals surface area contributed by atoms with E-state index >= 15 is 0 Å². The lowest BCUT2D eigenvalue weighted by Crippen LogP contribution is -2.31. The van der Waals surface area contributed by atoms with Crippen molar-refractivity contribution in [3.05, 3.63) is 48.7 Å². The number of carbonyl (C=O) groups is 1. The van der Waals surface area contributed by atoms with Crippen molar-refractivity contribution in [1.29, 1.82) is 0 Å². The fourth-order valence-corrected chi connectivity index (χ4v) is 3.75. The van der Waals surface area contributed by atoms with Gasteiger partial charge in [0, 0.05) is 43.0 Å². The minimum Gasteiger partial charge on any atom is -0.493 e. The van der Waals surface area contributed by atoms with E-state index in [1.165, 1.54) is 0 Å². The van der Waals surface area contributed by atoms with Gasteiger partial charge in [-0.05, 0) is 61.7 Å². The number of fused-ring (bicyclic) bond motifs is 1. The van der Waals surface area contributed by atoms with E-state index in [2.05, 4.69) is 41.3 Å². The Morgan fingerprint density at radius 1 is 1.05 bits per heavy atom. The van der Waals surface area contributed by atoms with Gasteiger partial charge in [-0.2, -0.15) is 0 Å². The summed E-state index contributed by atoms with van der Waals surface area (Å²) in [5, 5.41) is 15.5. The van der Waals surface area contributed by atoms with E-state index in [1.54, 1.807) is 43.6 Å². The van der Waals surface area contributed by atoms with Crippen LogP contribution in [0.3, 0.4) is 0 Å². The maximum Gasteiger partial charge on any atom is 0.319 e. The molecular formula is C29H40N4O5. The number of anilines is 1. The molecule has 0 aliphatic heterocycles. The third-order valence-corrected chi connectivity index (χ3v) is 5.91. The first-order chi connectivity index (χ1) is 18.2. The molecule has 0 aliphatic carbocycles. The molecule has 3 aromatic rings.